The van der Waals surface area contributed by atoms with Crippen LogP contribution in [0.4, 0.5) is 9.18 Å². The van der Waals surface area contributed by atoms with Crippen LogP contribution < -0.4 is 4.74 Å². The Morgan fingerprint density at radius 1 is 1.46 bits per heavy atom. The zero-order valence-corrected chi connectivity index (χ0v) is 15.1. The van der Waals surface area contributed by atoms with Crippen LogP contribution in [0, 0.1) is 5.82 Å². The molecule has 1 saturated heterocycles. The number of halogens is 2. The standard InChI is InChI=1S/C17H23ClFNO4/c1-17(2,3)24-16(22)20-8-11(9-20)13-14(19)12(18)7-10(5-6-21)15(13)23-4/h7,11,21H,5-6,8-9H2,1-4H3. The van der Waals surface area contributed by atoms with Crippen molar-refractivity contribution in [1.29, 1.82) is 0 Å². The Morgan fingerprint density at radius 2 is 2.08 bits per heavy atom. The third-order valence-electron chi connectivity index (χ3n) is 3.81. The van der Waals surface area contributed by atoms with Gasteiger partial charge in [-0.25, -0.2) is 9.18 Å². The Morgan fingerprint density at radius 3 is 2.58 bits per heavy atom. The number of aliphatic hydroxyl groups is 1. The normalized spacial score (nSPS) is 15.2. The summed E-state index contributed by atoms with van der Waals surface area (Å²) in [5.41, 5.74) is 0.431. The van der Waals surface area contributed by atoms with E-state index in [0.29, 0.717) is 36.4 Å². The predicted octanol–water partition coefficient (Wildman–Crippen LogP) is 3.36. The van der Waals surface area contributed by atoms with E-state index in [1.807, 2.05) is 0 Å². The number of benzene rings is 1. The predicted molar refractivity (Wildman–Crippen MR) is 89.3 cm³/mol. The van der Waals surface area contributed by atoms with Crippen LogP contribution in [-0.4, -0.2) is 48.5 Å². The van der Waals surface area contributed by atoms with E-state index >= 15 is 0 Å². The van der Waals surface area contributed by atoms with Gasteiger partial charge >= 0.3 is 6.09 Å². The molecule has 0 aromatic heterocycles. The van der Waals surface area contributed by atoms with Crippen molar-refractivity contribution in [3.63, 3.8) is 0 Å². The number of carbonyl (C=O) groups is 1. The molecule has 0 spiro atoms. The Hall–Kier alpha value is -1.53. The number of rotatable bonds is 4. The number of hydrogen-bond acceptors (Lipinski definition) is 4. The first kappa shape index (κ1) is 18.8. The molecule has 134 valence electrons. The molecule has 0 aliphatic carbocycles. The molecule has 1 fully saturated rings. The number of aliphatic hydroxyl groups excluding tert-OH is 1. The lowest BCUT2D eigenvalue weighted by atomic mass is 9.88. The van der Waals surface area contributed by atoms with Gasteiger partial charge in [-0.1, -0.05) is 11.6 Å². The fraction of sp³-hybridized carbons (Fsp3) is 0.588. The second kappa shape index (κ2) is 7.15. The molecule has 2 rings (SSSR count). The van der Waals surface area contributed by atoms with Crippen LogP contribution in [0.5, 0.6) is 5.75 Å². The third kappa shape index (κ3) is 3.92. The Labute approximate surface area is 146 Å². The van der Waals surface area contributed by atoms with E-state index in [4.69, 9.17) is 26.2 Å². The van der Waals surface area contributed by atoms with Gasteiger partial charge in [0.2, 0.25) is 0 Å². The number of amides is 1. The lowest BCUT2D eigenvalue weighted by Crippen LogP contribution is -2.50. The van der Waals surface area contributed by atoms with Gasteiger partial charge in [0.1, 0.15) is 17.2 Å². The molecule has 7 heteroatoms. The van der Waals surface area contributed by atoms with Crippen LogP contribution in [0.15, 0.2) is 6.07 Å². The second-order valence-corrected chi connectivity index (χ2v) is 7.24. The van der Waals surface area contributed by atoms with Gasteiger partial charge in [0.05, 0.1) is 12.1 Å². The molecular formula is C17H23ClFNO4. The lowest BCUT2D eigenvalue weighted by Gasteiger charge is -2.40. The second-order valence-electron chi connectivity index (χ2n) is 6.83. The molecule has 1 aromatic rings. The van der Waals surface area contributed by atoms with E-state index in [0.717, 1.165) is 0 Å². The Kier molecular flexibility index (Phi) is 5.60. The Balaban J connectivity index is 2.21. The van der Waals surface area contributed by atoms with Gasteiger partial charge < -0.3 is 19.5 Å². The van der Waals surface area contributed by atoms with Crippen molar-refractivity contribution in [3.8, 4) is 5.75 Å². The summed E-state index contributed by atoms with van der Waals surface area (Å²) >= 11 is 5.98. The molecule has 0 bridgehead atoms. The maximum atomic E-state index is 14.5. The van der Waals surface area contributed by atoms with Crippen LogP contribution in [0.2, 0.25) is 5.02 Å². The molecule has 0 radical (unpaired) electrons. The molecule has 0 atom stereocenters. The van der Waals surface area contributed by atoms with Gasteiger partial charge in [-0.05, 0) is 38.8 Å². The number of hydrogen-bond donors (Lipinski definition) is 1. The lowest BCUT2D eigenvalue weighted by molar-refractivity contribution is 0.00769. The summed E-state index contributed by atoms with van der Waals surface area (Å²) < 4.78 is 25.2. The number of likely N-dealkylation sites (tertiary alicyclic amines) is 1. The molecule has 1 amide bonds. The van der Waals surface area contributed by atoms with Gasteiger partial charge in [-0.2, -0.15) is 0 Å². The van der Waals surface area contributed by atoms with Crippen molar-refractivity contribution in [2.45, 2.75) is 38.7 Å². The average molecular weight is 360 g/mol. The maximum Gasteiger partial charge on any atom is 0.410 e. The number of carbonyl (C=O) groups excluding carboxylic acids is 1. The fourth-order valence-electron chi connectivity index (χ4n) is 2.73. The van der Waals surface area contributed by atoms with Crippen LogP contribution in [0.25, 0.3) is 0 Å². The molecule has 24 heavy (non-hydrogen) atoms. The number of ether oxygens (including phenoxy) is 2. The quantitative estimate of drug-likeness (QED) is 0.895. The Bertz CT molecular complexity index is 624. The van der Waals surface area contributed by atoms with Crippen molar-refractivity contribution in [2.24, 2.45) is 0 Å². The molecule has 1 aromatic carbocycles. The van der Waals surface area contributed by atoms with E-state index < -0.39 is 17.5 Å². The minimum Gasteiger partial charge on any atom is -0.496 e. The van der Waals surface area contributed by atoms with Crippen molar-refractivity contribution < 1.29 is 23.8 Å². The van der Waals surface area contributed by atoms with Gasteiger partial charge in [0.25, 0.3) is 0 Å². The van der Waals surface area contributed by atoms with E-state index in [1.165, 1.54) is 18.1 Å². The van der Waals surface area contributed by atoms with Gasteiger partial charge in [-0.3, -0.25) is 0 Å². The van der Waals surface area contributed by atoms with E-state index in [-0.39, 0.29) is 17.5 Å². The summed E-state index contributed by atoms with van der Waals surface area (Å²) in [5.74, 6) is -0.368. The highest BCUT2D eigenvalue weighted by Gasteiger charge is 2.38. The molecule has 5 nitrogen and oxygen atoms in total. The average Bonchev–Trinajstić information content (AvgIpc) is 2.40. The topological polar surface area (TPSA) is 59.0 Å². The summed E-state index contributed by atoms with van der Waals surface area (Å²) in [6.45, 7) is 5.96. The summed E-state index contributed by atoms with van der Waals surface area (Å²) in [6, 6.07) is 1.47. The smallest absolute Gasteiger partial charge is 0.410 e. The highest BCUT2D eigenvalue weighted by molar-refractivity contribution is 6.31. The summed E-state index contributed by atoms with van der Waals surface area (Å²) in [5, 5.41) is 9.15. The zero-order valence-electron chi connectivity index (χ0n) is 14.4. The van der Waals surface area contributed by atoms with E-state index in [1.54, 1.807) is 20.8 Å². The van der Waals surface area contributed by atoms with Crippen molar-refractivity contribution in [3.05, 3.63) is 28.0 Å². The first-order chi connectivity index (χ1) is 11.2. The number of methoxy groups -OCH3 is 1. The van der Waals surface area contributed by atoms with Crippen LogP contribution >= 0.6 is 11.6 Å². The summed E-state index contributed by atoms with van der Waals surface area (Å²) in [6.07, 6.45) is -0.102. The van der Waals surface area contributed by atoms with Gasteiger partial charge in [-0.15, -0.1) is 0 Å². The third-order valence-corrected chi connectivity index (χ3v) is 4.09. The van der Waals surface area contributed by atoms with E-state index in [9.17, 15) is 9.18 Å². The van der Waals surface area contributed by atoms with Crippen LogP contribution in [0.3, 0.4) is 0 Å². The highest BCUT2D eigenvalue weighted by atomic mass is 35.5. The van der Waals surface area contributed by atoms with Crippen LogP contribution in [0.1, 0.15) is 37.8 Å². The molecule has 1 aliphatic rings. The fourth-order valence-corrected chi connectivity index (χ4v) is 2.97. The monoisotopic (exact) mass is 359 g/mol. The molecule has 1 heterocycles. The highest BCUT2D eigenvalue weighted by Crippen LogP contribution is 2.41. The van der Waals surface area contributed by atoms with Crippen molar-refractivity contribution in [1.82, 2.24) is 4.90 Å². The summed E-state index contributed by atoms with van der Waals surface area (Å²) in [4.78, 5) is 13.5. The first-order valence-corrected chi connectivity index (χ1v) is 8.19. The molecule has 1 aliphatic heterocycles. The zero-order chi connectivity index (χ0) is 18.1. The van der Waals surface area contributed by atoms with E-state index in [2.05, 4.69) is 0 Å². The minimum atomic E-state index is -0.574. The van der Waals surface area contributed by atoms with Crippen molar-refractivity contribution >= 4 is 17.7 Å². The van der Waals surface area contributed by atoms with Crippen molar-refractivity contribution in [2.75, 3.05) is 26.8 Å². The molecule has 1 N–H and O–H groups in total. The first-order valence-electron chi connectivity index (χ1n) is 7.81. The minimum absolute atomic E-state index is 0.00929. The van der Waals surface area contributed by atoms with Gasteiger partial charge in [0.15, 0.2) is 0 Å². The molecular weight excluding hydrogens is 337 g/mol. The maximum absolute atomic E-state index is 14.5. The molecule has 0 saturated carbocycles. The van der Waals surface area contributed by atoms with Crippen LogP contribution in [-0.2, 0) is 11.2 Å². The number of nitrogens with zero attached hydrogens (tertiary/aromatic N) is 1. The summed E-state index contributed by atoms with van der Waals surface area (Å²) in [7, 11) is 1.46. The largest absolute Gasteiger partial charge is 0.496 e. The van der Waals surface area contributed by atoms with Gasteiger partial charge in [0, 0.05) is 31.2 Å². The SMILES string of the molecule is COc1c(CCO)cc(Cl)c(F)c1C1CN(C(=O)OC(C)(C)C)C1. The molecule has 0 unspecified atom stereocenters.